The minimum atomic E-state index is 0.117. The largest absolute Gasteiger partial charge is 0.323 e. The van der Waals surface area contributed by atoms with Gasteiger partial charge in [0.25, 0.3) is 0 Å². The minimum Gasteiger partial charge on any atom is -0.323 e. The molecule has 1 aliphatic heterocycles. The van der Waals surface area contributed by atoms with Crippen molar-refractivity contribution in [2.75, 3.05) is 32.7 Å². The van der Waals surface area contributed by atoms with E-state index in [-0.39, 0.29) is 6.04 Å². The second kappa shape index (κ2) is 7.39. The van der Waals surface area contributed by atoms with Crippen LogP contribution in [0.2, 0.25) is 0 Å². The molecule has 3 nitrogen and oxygen atoms in total. The van der Waals surface area contributed by atoms with Crippen molar-refractivity contribution in [3.8, 4) is 0 Å². The Morgan fingerprint density at radius 1 is 1.14 bits per heavy atom. The molecule has 0 aliphatic carbocycles. The van der Waals surface area contributed by atoms with Gasteiger partial charge in [-0.3, -0.25) is 9.80 Å². The van der Waals surface area contributed by atoms with Gasteiger partial charge in [-0.2, -0.15) is 0 Å². The second-order valence-electron chi connectivity index (χ2n) is 6.67. The zero-order valence-corrected chi connectivity index (χ0v) is 14.0. The molecule has 1 saturated heterocycles. The van der Waals surface area contributed by atoms with E-state index >= 15 is 0 Å². The van der Waals surface area contributed by atoms with Crippen LogP contribution in [0.3, 0.4) is 0 Å². The Bertz CT molecular complexity index is 427. The molecular weight excluding hydrogens is 258 g/mol. The van der Waals surface area contributed by atoms with E-state index < -0.39 is 0 Å². The first kappa shape index (κ1) is 16.5. The standard InChI is InChI=1S/C18H31N3/c1-5-21-11-10-20(12-15(21)4)13-18(19)17-8-6-16(7-9-17)14(2)3/h6-9,14-15,18H,5,10-13,19H2,1-4H3. The number of rotatable bonds is 5. The third kappa shape index (κ3) is 4.29. The summed E-state index contributed by atoms with van der Waals surface area (Å²) in [4.78, 5) is 5.05. The number of piperazine rings is 1. The van der Waals surface area contributed by atoms with E-state index in [2.05, 4.69) is 61.8 Å². The molecule has 1 aromatic rings. The predicted octanol–water partition coefficient (Wildman–Crippen LogP) is 2.84. The molecule has 1 heterocycles. The van der Waals surface area contributed by atoms with Crippen molar-refractivity contribution in [1.29, 1.82) is 0 Å². The first-order valence-corrected chi connectivity index (χ1v) is 8.33. The quantitative estimate of drug-likeness (QED) is 0.904. The first-order valence-electron chi connectivity index (χ1n) is 8.33. The van der Waals surface area contributed by atoms with Crippen molar-refractivity contribution in [2.45, 2.75) is 45.7 Å². The number of nitrogens with two attached hydrogens (primary N) is 1. The third-order valence-electron chi connectivity index (χ3n) is 4.74. The van der Waals surface area contributed by atoms with Gasteiger partial charge in [-0.05, 0) is 30.5 Å². The highest BCUT2D eigenvalue weighted by Crippen LogP contribution is 2.19. The smallest absolute Gasteiger partial charge is 0.0424 e. The van der Waals surface area contributed by atoms with Crippen molar-refractivity contribution in [1.82, 2.24) is 9.80 Å². The van der Waals surface area contributed by atoms with Gasteiger partial charge in [0.2, 0.25) is 0 Å². The molecule has 0 amide bonds. The number of hydrogen-bond donors (Lipinski definition) is 1. The zero-order chi connectivity index (χ0) is 15.4. The van der Waals surface area contributed by atoms with Crippen molar-refractivity contribution in [3.05, 3.63) is 35.4 Å². The van der Waals surface area contributed by atoms with Crippen molar-refractivity contribution in [2.24, 2.45) is 5.73 Å². The molecule has 2 unspecified atom stereocenters. The topological polar surface area (TPSA) is 32.5 Å². The van der Waals surface area contributed by atoms with Crippen LogP contribution < -0.4 is 5.73 Å². The van der Waals surface area contributed by atoms with Gasteiger partial charge in [0.1, 0.15) is 0 Å². The lowest BCUT2D eigenvalue weighted by molar-refractivity contribution is 0.0841. The normalized spacial score (nSPS) is 22.7. The average Bonchev–Trinajstić information content (AvgIpc) is 2.47. The summed E-state index contributed by atoms with van der Waals surface area (Å²) in [5.41, 5.74) is 9.05. The van der Waals surface area contributed by atoms with Gasteiger partial charge in [-0.25, -0.2) is 0 Å². The Morgan fingerprint density at radius 2 is 1.76 bits per heavy atom. The Kier molecular flexibility index (Phi) is 5.80. The number of benzene rings is 1. The van der Waals surface area contributed by atoms with Crippen LogP contribution in [-0.2, 0) is 0 Å². The fraction of sp³-hybridized carbons (Fsp3) is 0.667. The molecule has 0 spiro atoms. The van der Waals surface area contributed by atoms with E-state index in [1.54, 1.807) is 0 Å². The molecule has 2 N–H and O–H groups in total. The van der Waals surface area contributed by atoms with Gasteiger partial charge in [-0.15, -0.1) is 0 Å². The van der Waals surface area contributed by atoms with Crippen LogP contribution >= 0.6 is 0 Å². The molecule has 1 aromatic carbocycles. The Hall–Kier alpha value is -0.900. The van der Waals surface area contributed by atoms with Gasteiger partial charge >= 0.3 is 0 Å². The molecule has 118 valence electrons. The lowest BCUT2D eigenvalue weighted by Crippen LogP contribution is -2.52. The fourth-order valence-electron chi connectivity index (χ4n) is 3.22. The van der Waals surface area contributed by atoms with E-state index in [0.29, 0.717) is 12.0 Å². The summed E-state index contributed by atoms with van der Waals surface area (Å²) in [5.74, 6) is 0.582. The Labute approximate surface area is 130 Å². The van der Waals surface area contributed by atoms with Crippen LogP contribution in [0.4, 0.5) is 0 Å². The van der Waals surface area contributed by atoms with Crippen molar-refractivity contribution >= 4 is 0 Å². The molecular formula is C18H31N3. The maximum absolute atomic E-state index is 6.41. The Morgan fingerprint density at radius 3 is 2.29 bits per heavy atom. The molecule has 21 heavy (non-hydrogen) atoms. The first-order chi connectivity index (χ1) is 10.0. The van der Waals surface area contributed by atoms with Crippen LogP contribution in [0.15, 0.2) is 24.3 Å². The Balaban J connectivity index is 1.91. The van der Waals surface area contributed by atoms with Gasteiger partial charge in [0, 0.05) is 38.3 Å². The SMILES string of the molecule is CCN1CCN(CC(N)c2ccc(C(C)C)cc2)CC1C. The molecule has 0 bridgehead atoms. The lowest BCUT2D eigenvalue weighted by atomic mass is 9.99. The summed E-state index contributed by atoms with van der Waals surface area (Å²) >= 11 is 0. The maximum atomic E-state index is 6.41. The fourth-order valence-corrected chi connectivity index (χ4v) is 3.22. The third-order valence-corrected chi connectivity index (χ3v) is 4.74. The van der Waals surface area contributed by atoms with Gasteiger partial charge in [0.15, 0.2) is 0 Å². The van der Waals surface area contributed by atoms with Crippen molar-refractivity contribution < 1.29 is 0 Å². The van der Waals surface area contributed by atoms with E-state index in [1.807, 2.05) is 0 Å². The second-order valence-corrected chi connectivity index (χ2v) is 6.67. The van der Waals surface area contributed by atoms with E-state index in [1.165, 1.54) is 11.1 Å². The molecule has 1 fully saturated rings. The zero-order valence-electron chi connectivity index (χ0n) is 14.0. The molecule has 3 heteroatoms. The summed E-state index contributed by atoms with van der Waals surface area (Å²) < 4.78 is 0. The summed E-state index contributed by atoms with van der Waals surface area (Å²) in [7, 11) is 0. The summed E-state index contributed by atoms with van der Waals surface area (Å²) in [6.07, 6.45) is 0. The highest BCUT2D eigenvalue weighted by molar-refractivity contribution is 5.26. The highest BCUT2D eigenvalue weighted by atomic mass is 15.3. The molecule has 0 radical (unpaired) electrons. The van der Waals surface area contributed by atoms with Crippen LogP contribution in [0.25, 0.3) is 0 Å². The monoisotopic (exact) mass is 289 g/mol. The maximum Gasteiger partial charge on any atom is 0.0424 e. The van der Waals surface area contributed by atoms with Crippen molar-refractivity contribution in [3.63, 3.8) is 0 Å². The molecule has 2 rings (SSSR count). The van der Waals surface area contributed by atoms with E-state index in [4.69, 9.17) is 5.73 Å². The number of nitrogens with zero attached hydrogens (tertiary/aromatic N) is 2. The molecule has 1 aliphatic rings. The minimum absolute atomic E-state index is 0.117. The van der Waals surface area contributed by atoms with Crippen LogP contribution in [0, 0.1) is 0 Å². The molecule has 0 aromatic heterocycles. The summed E-state index contributed by atoms with van der Waals surface area (Å²) in [6, 6.07) is 9.60. The van der Waals surface area contributed by atoms with Gasteiger partial charge in [0.05, 0.1) is 0 Å². The number of likely N-dealkylation sites (N-methyl/N-ethyl adjacent to an activating group) is 1. The average molecular weight is 289 g/mol. The summed E-state index contributed by atoms with van der Waals surface area (Å²) in [6.45, 7) is 14.6. The van der Waals surface area contributed by atoms with Gasteiger partial charge in [-0.1, -0.05) is 45.0 Å². The van der Waals surface area contributed by atoms with Crippen LogP contribution in [-0.4, -0.2) is 48.6 Å². The van der Waals surface area contributed by atoms with Gasteiger partial charge < -0.3 is 5.73 Å². The summed E-state index contributed by atoms with van der Waals surface area (Å²) in [5, 5.41) is 0. The number of hydrogen-bond acceptors (Lipinski definition) is 3. The van der Waals surface area contributed by atoms with Crippen LogP contribution in [0.1, 0.15) is 50.8 Å². The lowest BCUT2D eigenvalue weighted by Gasteiger charge is -2.40. The van der Waals surface area contributed by atoms with E-state index in [9.17, 15) is 0 Å². The molecule has 0 saturated carbocycles. The van der Waals surface area contributed by atoms with Crippen LogP contribution in [0.5, 0.6) is 0 Å². The molecule has 2 atom stereocenters. The predicted molar refractivity (Wildman–Crippen MR) is 90.6 cm³/mol. The highest BCUT2D eigenvalue weighted by Gasteiger charge is 2.23. The van der Waals surface area contributed by atoms with E-state index in [0.717, 1.165) is 32.7 Å².